The van der Waals surface area contributed by atoms with Gasteiger partial charge in [-0.05, 0) is 25.5 Å². The molecule has 1 aliphatic carbocycles. The van der Waals surface area contributed by atoms with Crippen molar-refractivity contribution in [1.29, 1.82) is 0 Å². The number of nitrogens with zero attached hydrogens (tertiary/aromatic N) is 2. The van der Waals surface area contributed by atoms with Crippen LogP contribution in [-0.2, 0) is 0 Å². The van der Waals surface area contributed by atoms with E-state index in [-0.39, 0.29) is 0 Å². The van der Waals surface area contributed by atoms with Crippen LogP contribution in [0.3, 0.4) is 0 Å². The second-order valence-electron chi connectivity index (χ2n) is 4.27. The van der Waals surface area contributed by atoms with Crippen LogP contribution < -0.4 is 5.32 Å². The van der Waals surface area contributed by atoms with E-state index in [0.717, 1.165) is 25.7 Å². The van der Waals surface area contributed by atoms with Gasteiger partial charge >= 0.3 is 0 Å². The number of likely N-dealkylation sites (N-methyl/N-ethyl adjacent to an activating group) is 1. The van der Waals surface area contributed by atoms with E-state index in [1.807, 2.05) is 0 Å². The number of aromatic nitrogens is 1. The van der Waals surface area contributed by atoms with Crippen LogP contribution in [0.25, 0.3) is 0 Å². The van der Waals surface area contributed by atoms with Gasteiger partial charge in [0.1, 0.15) is 5.82 Å². The van der Waals surface area contributed by atoms with E-state index in [1.54, 1.807) is 12.3 Å². The van der Waals surface area contributed by atoms with Gasteiger partial charge in [0.25, 0.3) is 0 Å². The Morgan fingerprint density at radius 1 is 1.47 bits per heavy atom. The third-order valence-electron chi connectivity index (χ3n) is 2.97. The lowest BCUT2D eigenvalue weighted by molar-refractivity contribution is 0.289. The van der Waals surface area contributed by atoms with Crippen LogP contribution in [0.1, 0.15) is 19.8 Å². The monoisotopic (exact) mass is 273 g/mol. The Morgan fingerprint density at radius 2 is 2.24 bits per heavy atom. The fourth-order valence-corrected chi connectivity index (χ4v) is 2.35. The Kier molecular flexibility index (Phi) is 4.48. The summed E-state index contributed by atoms with van der Waals surface area (Å²) in [6.07, 6.45) is 4.29. The van der Waals surface area contributed by atoms with Crippen molar-refractivity contribution < 1.29 is 0 Å². The van der Waals surface area contributed by atoms with Crippen molar-refractivity contribution in [3.05, 3.63) is 22.3 Å². The second kappa shape index (κ2) is 5.89. The first-order valence-corrected chi connectivity index (χ1v) is 6.75. The third-order valence-corrected chi connectivity index (χ3v) is 3.46. The fraction of sp³-hybridized carbons (Fsp3) is 0.583. The first kappa shape index (κ1) is 12.9. The molecule has 1 N–H and O–H groups in total. The number of anilines is 1. The third kappa shape index (κ3) is 3.73. The molecule has 17 heavy (non-hydrogen) atoms. The van der Waals surface area contributed by atoms with E-state index in [4.69, 9.17) is 23.2 Å². The van der Waals surface area contributed by atoms with Gasteiger partial charge in [-0.25, -0.2) is 4.98 Å². The molecule has 0 spiro atoms. The molecule has 0 unspecified atom stereocenters. The lowest BCUT2D eigenvalue weighted by atomic mass is 10.4. The average Bonchev–Trinajstić information content (AvgIpc) is 3.11. The summed E-state index contributed by atoms with van der Waals surface area (Å²) >= 11 is 11.8. The zero-order valence-corrected chi connectivity index (χ0v) is 11.4. The van der Waals surface area contributed by atoms with Gasteiger partial charge in [0.05, 0.1) is 10.0 Å². The van der Waals surface area contributed by atoms with Crippen LogP contribution in [0, 0.1) is 0 Å². The molecule has 0 amide bonds. The second-order valence-corrected chi connectivity index (χ2v) is 5.11. The molecule has 94 valence electrons. The number of pyridine rings is 1. The van der Waals surface area contributed by atoms with E-state index in [2.05, 4.69) is 22.1 Å². The molecule has 1 aromatic rings. The fourth-order valence-electron chi connectivity index (χ4n) is 1.90. The van der Waals surface area contributed by atoms with E-state index >= 15 is 0 Å². The molecular weight excluding hydrogens is 257 g/mol. The smallest absolute Gasteiger partial charge is 0.144 e. The lowest BCUT2D eigenvalue weighted by Gasteiger charge is -2.20. The zero-order chi connectivity index (χ0) is 12.3. The maximum Gasteiger partial charge on any atom is 0.144 e. The van der Waals surface area contributed by atoms with Gasteiger partial charge in [-0.3, -0.25) is 4.90 Å². The Morgan fingerprint density at radius 3 is 2.82 bits per heavy atom. The summed E-state index contributed by atoms with van der Waals surface area (Å²) in [5.74, 6) is 0.711. The predicted molar refractivity (Wildman–Crippen MR) is 73.0 cm³/mol. The van der Waals surface area contributed by atoms with E-state index < -0.39 is 0 Å². The van der Waals surface area contributed by atoms with Crippen molar-refractivity contribution in [1.82, 2.24) is 9.88 Å². The Hall–Kier alpha value is -0.510. The molecule has 5 heteroatoms. The highest BCUT2D eigenvalue weighted by Crippen LogP contribution is 2.26. The topological polar surface area (TPSA) is 28.2 Å². The first-order chi connectivity index (χ1) is 8.20. The van der Waals surface area contributed by atoms with Gasteiger partial charge < -0.3 is 5.32 Å². The summed E-state index contributed by atoms with van der Waals surface area (Å²) in [5.41, 5.74) is 0. The molecule has 1 aromatic heterocycles. The van der Waals surface area contributed by atoms with Gasteiger partial charge in [-0.2, -0.15) is 0 Å². The van der Waals surface area contributed by atoms with Crippen molar-refractivity contribution in [2.24, 2.45) is 0 Å². The average molecular weight is 274 g/mol. The number of halogens is 2. The molecule has 0 saturated heterocycles. The molecule has 3 nitrogen and oxygen atoms in total. The molecule has 1 aliphatic rings. The van der Waals surface area contributed by atoms with Crippen molar-refractivity contribution in [3.63, 3.8) is 0 Å². The van der Waals surface area contributed by atoms with Gasteiger partial charge in [-0.1, -0.05) is 30.1 Å². The zero-order valence-electron chi connectivity index (χ0n) is 9.92. The minimum Gasteiger partial charge on any atom is -0.368 e. The van der Waals surface area contributed by atoms with Crippen LogP contribution in [0.2, 0.25) is 10.0 Å². The van der Waals surface area contributed by atoms with E-state index in [9.17, 15) is 0 Å². The molecule has 0 aromatic carbocycles. The van der Waals surface area contributed by atoms with E-state index in [0.29, 0.717) is 15.9 Å². The largest absolute Gasteiger partial charge is 0.368 e. The Bertz CT molecular complexity index is 380. The summed E-state index contributed by atoms with van der Waals surface area (Å²) in [4.78, 5) is 6.65. The van der Waals surface area contributed by atoms with Crippen LogP contribution in [0.15, 0.2) is 12.3 Å². The van der Waals surface area contributed by atoms with Crippen molar-refractivity contribution in [3.8, 4) is 0 Å². The Balaban J connectivity index is 1.80. The Labute approximate surface area is 112 Å². The van der Waals surface area contributed by atoms with Gasteiger partial charge in [-0.15, -0.1) is 0 Å². The molecule has 1 fully saturated rings. The van der Waals surface area contributed by atoms with Gasteiger partial charge in [0.15, 0.2) is 0 Å². The van der Waals surface area contributed by atoms with E-state index in [1.165, 1.54) is 12.8 Å². The normalized spacial score (nSPS) is 15.3. The molecule has 0 radical (unpaired) electrons. The molecular formula is C12H17Cl2N3. The highest BCUT2D eigenvalue weighted by molar-refractivity contribution is 6.35. The molecule has 1 heterocycles. The highest BCUT2D eigenvalue weighted by Gasteiger charge is 2.27. The summed E-state index contributed by atoms with van der Waals surface area (Å²) in [7, 11) is 0. The summed E-state index contributed by atoms with van der Waals surface area (Å²) < 4.78 is 0. The first-order valence-electron chi connectivity index (χ1n) is 5.99. The minimum absolute atomic E-state index is 0.564. The van der Waals surface area contributed by atoms with Crippen LogP contribution >= 0.6 is 23.2 Å². The summed E-state index contributed by atoms with van der Waals surface area (Å²) in [6, 6.07) is 2.51. The minimum atomic E-state index is 0.564. The molecule has 0 atom stereocenters. The summed E-state index contributed by atoms with van der Waals surface area (Å²) in [5, 5.41) is 4.38. The SMILES string of the molecule is CCN(CCNc1ncc(Cl)cc1Cl)C1CC1. The van der Waals surface area contributed by atoms with Crippen LogP contribution in [0.5, 0.6) is 0 Å². The quantitative estimate of drug-likeness (QED) is 0.862. The lowest BCUT2D eigenvalue weighted by Crippen LogP contribution is -2.31. The molecule has 0 aliphatic heterocycles. The molecule has 1 saturated carbocycles. The maximum absolute atomic E-state index is 6.03. The van der Waals surface area contributed by atoms with Crippen molar-refractivity contribution in [2.75, 3.05) is 25.0 Å². The standard InChI is InChI=1S/C12H17Cl2N3/c1-2-17(10-3-4-10)6-5-15-12-11(14)7-9(13)8-16-12/h7-8,10H,2-6H2,1H3,(H,15,16). The number of nitrogens with one attached hydrogen (secondary N) is 1. The number of hydrogen-bond donors (Lipinski definition) is 1. The molecule has 2 rings (SSSR count). The highest BCUT2D eigenvalue weighted by atomic mass is 35.5. The van der Waals surface area contributed by atoms with Gasteiger partial charge in [0, 0.05) is 25.3 Å². The number of rotatable bonds is 6. The molecule has 0 bridgehead atoms. The predicted octanol–water partition coefficient (Wildman–Crippen LogP) is 3.28. The maximum atomic E-state index is 6.03. The van der Waals surface area contributed by atoms with Crippen molar-refractivity contribution in [2.45, 2.75) is 25.8 Å². The van der Waals surface area contributed by atoms with Crippen molar-refractivity contribution >= 4 is 29.0 Å². The number of hydrogen-bond acceptors (Lipinski definition) is 3. The van der Waals surface area contributed by atoms with Crippen LogP contribution in [-0.4, -0.2) is 35.6 Å². The summed E-state index contributed by atoms with van der Waals surface area (Å²) in [6.45, 7) is 5.19. The van der Waals surface area contributed by atoms with Gasteiger partial charge in [0.2, 0.25) is 0 Å². The van der Waals surface area contributed by atoms with Crippen LogP contribution in [0.4, 0.5) is 5.82 Å².